The highest BCUT2D eigenvalue weighted by Gasteiger charge is 2.12. The van der Waals surface area contributed by atoms with E-state index in [1.165, 1.54) is 18.2 Å². The number of halogens is 3. The van der Waals surface area contributed by atoms with Crippen molar-refractivity contribution in [2.24, 2.45) is 0 Å². The van der Waals surface area contributed by atoms with Gasteiger partial charge in [0.05, 0.1) is 16.3 Å². The van der Waals surface area contributed by atoms with Crippen molar-refractivity contribution in [2.45, 2.75) is 6.92 Å². The Labute approximate surface area is 123 Å². The minimum atomic E-state index is -0.456. The summed E-state index contributed by atoms with van der Waals surface area (Å²) in [5.41, 5.74) is 1.68. The van der Waals surface area contributed by atoms with Gasteiger partial charge < -0.3 is 5.32 Å². The van der Waals surface area contributed by atoms with Gasteiger partial charge in [-0.1, -0.05) is 23.2 Å². The smallest absolute Gasteiger partial charge is 0.256 e. The molecule has 0 fully saturated rings. The minimum Gasteiger partial charge on any atom is -0.321 e. The third kappa shape index (κ3) is 3.33. The lowest BCUT2D eigenvalue weighted by molar-refractivity contribution is 0.102. The third-order valence-corrected chi connectivity index (χ3v) is 3.56. The van der Waals surface area contributed by atoms with Crippen molar-refractivity contribution in [3.8, 4) is 0 Å². The van der Waals surface area contributed by atoms with Crippen molar-refractivity contribution in [1.29, 1.82) is 0 Å². The van der Waals surface area contributed by atoms with Crippen LogP contribution in [0.1, 0.15) is 15.9 Å². The number of aryl methyl sites for hydroxylation is 1. The standard InChI is InChI=1S/C14H10BrClFNO/c1-8-2-4-11(15)10(6-8)14(19)18-13-7-9(17)3-5-12(13)16/h2-7H,1H3,(H,18,19). The van der Waals surface area contributed by atoms with Gasteiger partial charge in [-0.2, -0.15) is 0 Å². The summed E-state index contributed by atoms with van der Waals surface area (Å²) in [6.45, 7) is 1.89. The third-order valence-electron chi connectivity index (χ3n) is 2.54. The van der Waals surface area contributed by atoms with Gasteiger partial charge in [0, 0.05) is 4.47 Å². The molecule has 98 valence electrons. The molecule has 0 atom stereocenters. The number of carbonyl (C=O) groups excluding carboxylic acids is 1. The van der Waals surface area contributed by atoms with E-state index in [4.69, 9.17) is 11.6 Å². The van der Waals surface area contributed by atoms with E-state index in [9.17, 15) is 9.18 Å². The molecule has 2 nitrogen and oxygen atoms in total. The molecule has 0 aliphatic rings. The molecule has 0 saturated carbocycles. The molecule has 0 heterocycles. The Morgan fingerprint density at radius 3 is 2.74 bits per heavy atom. The van der Waals surface area contributed by atoms with E-state index in [1.54, 1.807) is 12.1 Å². The van der Waals surface area contributed by atoms with Crippen LogP contribution in [0.5, 0.6) is 0 Å². The first kappa shape index (κ1) is 14.0. The molecule has 0 spiro atoms. The predicted octanol–water partition coefficient (Wildman–Crippen LogP) is 4.80. The van der Waals surface area contributed by atoms with Crippen molar-refractivity contribution in [1.82, 2.24) is 0 Å². The molecular weight excluding hydrogens is 333 g/mol. The van der Waals surface area contributed by atoms with E-state index in [0.29, 0.717) is 15.1 Å². The van der Waals surface area contributed by atoms with Gasteiger partial charge in [0.1, 0.15) is 5.82 Å². The van der Waals surface area contributed by atoms with Crippen LogP contribution in [0.3, 0.4) is 0 Å². The van der Waals surface area contributed by atoms with Gasteiger partial charge in [0.2, 0.25) is 0 Å². The van der Waals surface area contributed by atoms with E-state index < -0.39 is 5.82 Å². The molecule has 0 aliphatic heterocycles. The van der Waals surface area contributed by atoms with Crippen molar-refractivity contribution >= 4 is 39.1 Å². The molecule has 0 aliphatic carbocycles. The maximum absolute atomic E-state index is 13.1. The minimum absolute atomic E-state index is 0.250. The van der Waals surface area contributed by atoms with Gasteiger partial charge >= 0.3 is 0 Å². The van der Waals surface area contributed by atoms with Crippen LogP contribution >= 0.6 is 27.5 Å². The van der Waals surface area contributed by atoms with E-state index in [0.717, 1.165) is 5.56 Å². The van der Waals surface area contributed by atoms with Gasteiger partial charge in [0.15, 0.2) is 0 Å². The molecule has 0 bridgehead atoms. The second kappa shape index (κ2) is 5.72. The Bertz CT molecular complexity index is 645. The Hall–Kier alpha value is -1.39. The Kier molecular flexibility index (Phi) is 4.22. The zero-order valence-electron chi connectivity index (χ0n) is 10.0. The lowest BCUT2D eigenvalue weighted by Crippen LogP contribution is -2.13. The zero-order chi connectivity index (χ0) is 14.0. The molecule has 1 N–H and O–H groups in total. The maximum Gasteiger partial charge on any atom is 0.256 e. The molecule has 0 unspecified atom stereocenters. The van der Waals surface area contributed by atoms with E-state index in [1.807, 2.05) is 13.0 Å². The fraction of sp³-hybridized carbons (Fsp3) is 0.0714. The summed E-state index contributed by atoms with van der Waals surface area (Å²) in [6, 6.07) is 9.24. The highest BCUT2D eigenvalue weighted by molar-refractivity contribution is 9.10. The predicted molar refractivity (Wildman–Crippen MR) is 78.2 cm³/mol. The van der Waals surface area contributed by atoms with Crippen LogP contribution in [0.2, 0.25) is 5.02 Å². The number of rotatable bonds is 2. The summed E-state index contributed by atoms with van der Waals surface area (Å²) in [7, 11) is 0. The number of amides is 1. The average molecular weight is 343 g/mol. The monoisotopic (exact) mass is 341 g/mol. The van der Waals surface area contributed by atoms with Crippen molar-refractivity contribution in [3.05, 3.63) is 62.8 Å². The highest BCUT2D eigenvalue weighted by atomic mass is 79.9. The van der Waals surface area contributed by atoms with Gasteiger partial charge in [-0.25, -0.2) is 4.39 Å². The molecule has 5 heteroatoms. The van der Waals surface area contributed by atoms with Crippen LogP contribution in [-0.2, 0) is 0 Å². The van der Waals surface area contributed by atoms with E-state index in [-0.39, 0.29) is 11.6 Å². The zero-order valence-corrected chi connectivity index (χ0v) is 12.3. The van der Waals surface area contributed by atoms with Crippen molar-refractivity contribution in [2.75, 3.05) is 5.32 Å². The van der Waals surface area contributed by atoms with Crippen LogP contribution < -0.4 is 5.32 Å². The summed E-state index contributed by atoms with van der Waals surface area (Å²) < 4.78 is 13.8. The quantitative estimate of drug-likeness (QED) is 0.834. The van der Waals surface area contributed by atoms with Crippen LogP contribution in [0.15, 0.2) is 40.9 Å². The maximum atomic E-state index is 13.1. The van der Waals surface area contributed by atoms with Crippen molar-refractivity contribution in [3.63, 3.8) is 0 Å². The highest BCUT2D eigenvalue weighted by Crippen LogP contribution is 2.25. The molecule has 2 aromatic rings. The van der Waals surface area contributed by atoms with Gasteiger partial charge in [-0.05, 0) is 53.2 Å². The topological polar surface area (TPSA) is 29.1 Å². The number of benzene rings is 2. The lowest BCUT2D eigenvalue weighted by atomic mass is 10.1. The number of nitrogens with one attached hydrogen (secondary N) is 1. The summed E-state index contributed by atoms with van der Waals surface area (Å²) in [4.78, 5) is 12.1. The largest absolute Gasteiger partial charge is 0.321 e. The number of carbonyl (C=O) groups is 1. The Balaban J connectivity index is 2.30. The Morgan fingerprint density at radius 1 is 1.26 bits per heavy atom. The van der Waals surface area contributed by atoms with Crippen LogP contribution in [0.25, 0.3) is 0 Å². The normalized spacial score (nSPS) is 10.3. The van der Waals surface area contributed by atoms with Gasteiger partial charge in [0.25, 0.3) is 5.91 Å². The number of hydrogen-bond acceptors (Lipinski definition) is 1. The summed E-state index contributed by atoms with van der Waals surface area (Å²) in [6.07, 6.45) is 0. The van der Waals surface area contributed by atoms with Crippen molar-refractivity contribution < 1.29 is 9.18 Å². The lowest BCUT2D eigenvalue weighted by Gasteiger charge is -2.09. The first-order chi connectivity index (χ1) is 8.97. The van der Waals surface area contributed by atoms with Gasteiger partial charge in [-0.3, -0.25) is 4.79 Å². The molecule has 2 rings (SSSR count). The van der Waals surface area contributed by atoms with E-state index in [2.05, 4.69) is 21.2 Å². The van der Waals surface area contributed by atoms with Crippen LogP contribution in [-0.4, -0.2) is 5.91 Å². The number of hydrogen-bond donors (Lipinski definition) is 1. The van der Waals surface area contributed by atoms with Crippen LogP contribution in [0, 0.1) is 12.7 Å². The summed E-state index contributed by atoms with van der Waals surface area (Å²) >= 11 is 9.22. The molecule has 0 saturated heterocycles. The second-order valence-electron chi connectivity index (χ2n) is 4.06. The SMILES string of the molecule is Cc1ccc(Br)c(C(=O)Nc2cc(F)ccc2Cl)c1. The van der Waals surface area contributed by atoms with E-state index >= 15 is 0 Å². The first-order valence-electron chi connectivity index (χ1n) is 5.50. The molecule has 19 heavy (non-hydrogen) atoms. The fourth-order valence-electron chi connectivity index (χ4n) is 1.60. The summed E-state index contributed by atoms with van der Waals surface area (Å²) in [5.74, 6) is -0.800. The molecule has 0 radical (unpaired) electrons. The van der Waals surface area contributed by atoms with Gasteiger partial charge in [-0.15, -0.1) is 0 Å². The molecule has 2 aromatic carbocycles. The summed E-state index contributed by atoms with van der Waals surface area (Å²) in [5, 5.41) is 2.88. The molecular formula is C14H10BrClFNO. The Morgan fingerprint density at radius 2 is 2.00 bits per heavy atom. The molecule has 1 amide bonds. The first-order valence-corrected chi connectivity index (χ1v) is 6.67. The molecule has 0 aromatic heterocycles. The van der Waals surface area contributed by atoms with Crippen LogP contribution in [0.4, 0.5) is 10.1 Å². The second-order valence-corrected chi connectivity index (χ2v) is 5.32. The number of anilines is 1. The average Bonchev–Trinajstić information content (AvgIpc) is 2.36. The fourth-order valence-corrected chi connectivity index (χ4v) is 2.19.